The Balaban J connectivity index is 1.97. The molecule has 4 atom stereocenters. The maximum atomic E-state index is 12.3. The second kappa shape index (κ2) is 4.94. The van der Waals surface area contributed by atoms with Gasteiger partial charge < -0.3 is 16.2 Å². The van der Waals surface area contributed by atoms with E-state index in [-0.39, 0.29) is 30.5 Å². The van der Waals surface area contributed by atoms with Crippen molar-refractivity contribution in [2.75, 3.05) is 6.61 Å². The van der Waals surface area contributed by atoms with Gasteiger partial charge in [-0.1, -0.05) is 12.8 Å². The van der Waals surface area contributed by atoms with Gasteiger partial charge in [-0.15, -0.1) is 0 Å². The smallest absolute Gasteiger partial charge is 0.227 e. The molecule has 0 aromatic heterocycles. The third-order valence-electron chi connectivity index (χ3n) is 4.76. The fraction of sp³-hybridized carbons (Fsp3) is 0.923. The van der Waals surface area contributed by atoms with Crippen LogP contribution in [0.1, 0.15) is 45.4 Å². The van der Waals surface area contributed by atoms with Crippen LogP contribution in [-0.4, -0.2) is 29.7 Å². The van der Waals surface area contributed by atoms with E-state index < -0.39 is 5.41 Å². The summed E-state index contributed by atoms with van der Waals surface area (Å²) in [5.41, 5.74) is 5.65. The molecular weight excluding hydrogens is 216 g/mol. The first-order chi connectivity index (χ1) is 8.08. The van der Waals surface area contributed by atoms with Gasteiger partial charge in [-0.05, 0) is 32.6 Å². The molecule has 4 nitrogen and oxygen atoms in total. The first-order valence-corrected chi connectivity index (χ1v) is 6.75. The van der Waals surface area contributed by atoms with Crippen molar-refractivity contribution in [1.29, 1.82) is 0 Å². The van der Waals surface area contributed by atoms with E-state index in [0.717, 1.165) is 38.5 Å². The minimum Gasteiger partial charge on any atom is -0.396 e. The van der Waals surface area contributed by atoms with E-state index in [1.54, 1.807) is 0 Å². The summed E-state index contributed by atoms with van der Waals surface area (Å²) in [5.74, 6) is 0.327. The van der Waals surface area contributed by atoms with Crippen molar-refractivity contribution >= 4 is 5.91 Å². The molecule has 0 heterocycles. The number of nitrogens with two attached hydrogens (primary N) is 1. The van der Waals surface area contributed by atoms with E-state index in [1.807, 2.05) is 6.92 Å². The van der Waals surface area contributed by atoms with Crippen LogP contribution in [0.4, 0.5) is 0 Å². The third kappa shape index (κ3) is 2.33. The molecule has 2 saturated carbocycles. The molecule has 2 rings (SSSR count). The number of nitrogens with one attached hydrogen (secondary N) is 1. The zero-order valence-electron chi connectivity index (χ0n) is 10.6. The maximum absolute atomic E-state index is 12.3. The topological polar surface area (TPSA) is 75.3 Å². The van der Waals surface area contributed by atoms with Crippen LogP contribution in [0.25, 0.3) is 0 Å². The van der Waals surface area contributed by atoms with Crippen LogP contribution in [0, 0.1) is 11.3 Å². The molecule has 4 N–H and O–H groups in total. The van der Waals surface area contributed by atoms with Gasteiger partial charge in [-0.25, -0.2) is 0 Å². The minimum absolute atomic E-state index is 0.0171. The highest BCUT2D eigenvalue weighted by molar-refractivity contribution is 5.83. The molecule has 2 aliphatic carbocycles. The highest BCUT2D eigenvalue weighted by atomic mass is 16.3. The summed E-state index contributed by atoms with van der Waals surface area (Å²) >= 11 is 0. The molecule has 4 unspecified atom stereocenters. The number of aliphatic hydroxyl groups excluding tert-OH is 1. The van der Waals surface area contributed by atoms with Gasteiger partial charge in [0.15, 0.2) is 0 Å². The lowest BCUT2D eigenvalue weighted by Crippen LogP contribution is -2.51. The van der Waals surface area contributed by atoms with Crippen LogP contribution in [0.3, 0.4) is 0 Å². The van der Waals surface area contributed by atoms with Crippen molar-refractivity contribution in [3.63, 3.8) is 0 Å². The molecule has 0 bridgehead atoms. The predicted molar refractivity (Wildman–Crippen MR) is 66.3 cm³/mol. The van der Waals surface area contributed by atoms with Crippen molar-refractivity contribution in [2.45, 2.75) is 57.5 Å². The Kier molecular flexibility index (Phi) is 3.73. The molecule has 2 aliphatic rings. The molecule has 0 aromatic rings. The van der Waals surface area contributed by atoms with Crippen LogP contribution in [-0.2, 0) is 4.79 Å². The first-order valence-electron chi connectivity index (χ1n) is 6.75. The molecule has 98 valence electrons. The number of amides is 1. The van der Waals surface area contributed by atoms with Crippen LogP contribution < -0.4 is 11.1 Å². The fourth-order valence-electron chi connectivity index (χ4n) is 3.25. The van der Waals surface area contributed by atoms with E-state index >= 15 is 0 Å². The lowest BCUT2D eigenvalue weighted by molar-refractivity contribution is -0.131. The van der Waals surface area contributed by atoms with Crippen molar-refractivity contribution in [3.8, 4) is 0 Å². The summed E-state index contributed by atoms with van der Waals surface area (Å²) < 4.78 is 0. The lowest BCUT2D eigenvalue weighted by Gasteiger charge is -2.30. The molecule has 4 heteroatoms. The number of carbonyl (C=O) groups is 1. The zero-order valence-corrected chi connectivity index (χ0v) is 10.6. The second-order valence-corrected chi connectivity index (χ2v) is 5.87. The first kappa shape index (κ1) is 12.8. The fourth-order valence-corrected chi connectivity index (χ4v) is 3.25. The average Bonchev–Trinajstić information content (AvgIpc) is 2.87. The highest BCUT2D eigenvalue weighted by Crippen LogP contribution is 2.37. The molecule has 0 spiro atoms. The molecule has 0 radical (unpaired) electrons. The Morgan fingerprint density at radius 3 is 2.76 bits per heavy atom. The van der Waals surface area contributed by atoms with E-state index in [4.69, 9.17) is 5.73 Å². The molecule has 2 fully saturated rings. The second-order valence-electron chi connectivity index (χ2n) is 5.87. The Labute approximate surface area is 103 Å². The summed E-state index contributed by atoms with van der Waals surface area (Å²) in [5, 5.41) is 12.4. The lowest BCUT2D eigenvalue weighted by atomic mass is 9.83. The van der Waals surface area contributed by atoms with Crippen molar-refractivity contribution in [3.05, 3.63) is 0 Å². The van der Waals surface area contributed by atoms with Gasteiger partial charge in [-0.2, -0.15) is 0 Å². The SMILES string of the molecule is CC1(C(=O)NC2CCCC2CO)CCCC1N. The Bertz CT molecular complexity index is 295. The summed E-state index contributed by atoms with van der Waals surface area (Å²) in [6.07, 6.45) is 5.97. The third-order valence-corrected chi connectivity index (χ3v) is 4.76. The zero-order chi connectivity index (χ0) is 12.5. The number of rotatable bonds is 3. The summed E-state index contributed by atoms with van der Waals surface area (Å²) in [4.78, 5) is 12.3. The van der Waals surface area contributed by atoms with E-state index in [2.05, 4.69) is 5.32 Å². The summed E-state index contributed by atoms with van der Waals surface area (Å²) in [6, 6.07) is 0.133. The van der Waals surface area contributed by atoms with Gasteiger partial charge in [0.2, 0.25) is 5.91 Å². The Morgan fingerprint density at radius 2 is 2.18 bits per heavy atom. The van der Waals surface area contributed by atoms with Crippen molar-refractivity contribution < 1.29 is 9.90 Å². The molecule has 17 heavy (non-hydrogen) atoms. The number of aliphatic hydroxyl groups is 1. The molecule has 0 aromatic carbocycles. The summed E-state index contributed by atoms with van der Waals surface area (Å²) in [7, 11) is 0. The molecule has 0 saturated heterocycles. The van der Waals surface area contributed by atoms with Crippen molar-refractivity contribution in [1.82, 2.24) is 5.32 Å². The molecule has 0 aliphatic heterocycles. The normalized spacial score (nSPS) is 41.7. The van der Waals surface area contributed by atoms with Crippen LogP contribution in [0.15, 0.2) is 0 Å². The van der Waals surface area contributed by atoms with E-state index in [1.165, 1.54) is 0 Å². The Hall–Kier alpha value is -0.610. The quantitative estimate of drug-likeness (QED) is 0.682. The highest BCUT2D eigenvalue weighted by Gasteiger charge is 2.44. The van der Waals surface area contributed by atoms with E-state index in [9.17, 15) is 9.90 Å². The van der Waals surface area contributed by atoms with Crippen LogP contribution >= 0.6 is 0 Å². The van der Waals surface area contributed by atoms with E-state index in [0.29, 0.717) is 0 Å². The largest absolute Gasteiger partial charge is 0.396 e. The standard InChI is InChI=1S/C13H24N2O2/c1-13(7-3-6-11(13)14)12(17)15-10-5-2-4-9(10)8-16/h9-11,16H,2-8,14H2,1H3,(H,15,17). The predicted octanol–water partition coefficient (Wildman–Crippen LogP) is 0.781. The summed E-state index contributed by atoms with van der Waals surface area (Å²) in [6.45, 7) is 2.15. The van der Waals surface area contributed by atoms with Gasteiger partial charge in [-0.3, -0.25) is 4.79 Å². The minimum atomic E-state index is -0.400. The number of hydrogen-bond donors (Lipinski definition) is 3. The molecular formula is C13H24N2O2. The van der Waals surface area contributed by atoms with Gasteiger partial charge >= 0.3 is 0 Å². The van der Waals surface area contributed by atoms with Gasteiger partial charge in [0.25, 0.3) is 0 Å². The van der Waals surface area contributed by atoms with Gasteiger partial charge in [0.05, 0.1) is 5.41 Å². The van der Waals surface area contributed by atoms with Gasteiger partial charge in [0, 0.05) is 24.6 Å². The maximum Gasteiger partial charge on any atom is 0.227 e. The molecule has 1 amide bonds. The number of hydrogen-bond acceptors (Lipinski definition) is 3. The monoisotopic (exact) mass is 240 g/mol. The van der Waals surface area contributed by atoms with Gasteiger partial charge in [0.1, 0.15) is 0 Å². The Morgan fingerprint density at radius 1 is 1.41 bits per heavy atom. The average molecular weight is 240 g/mol. The van der Waals surface area contributed by atoms with Crippen molar-refractivity contribution in [2.24, 2.45) is 17.1 Å². The van der Waals surface area contributed by atoms with Crippen LogP contribution in [0.2, 0.25) is 0 Å². The number of carbonyl (C=O) groups excluding carboxylic acids is 1. The van der Waals surface area contributed by atoms with Crippen LogP contribution in [0.5, 0.6) is 0 Å².